The molecule has 1 saturated heterocycles. The topological polar surface area (TPSA) is 76.1 Å². The number of carbonyl (C=O) groups is 2. The van der Waals surface area contributed by atoms with Gasteiger partial charge in [0, 0.05) is 11.3 Å². The molecule has 1 aliphatic rings. The van der Waals surface area contributed by atoms with E-state index in [1.54, 1.807) is 42.5 Å². The lowest BCUT2D eigenvalue weighted by atomic mass is 9.94. The van der Waals surface area contributed by atoms with Gasteiger partial charge in [-0.05, 0) is 41.3 Å². The zero-order chi connectivity index (χ0) is 24.4. The fraction of sp³-hybridized carbons (Fsp3) is 0.214. The molecule has 34 heavy (non-hydrogen) atoms. The molecule has 3 aromatic rings. The molecule has 0 spiro atoms. The van der Waals surface area contributed by atoms with Crippen LogP contribution >= 0.6 is 0 Å². The third kappa shape index (κ3) is 4.03. The Bertz CT molecular complexity index is 1250. The van der Waals surface area contributed by atoms with E-state index in [9.17, 15) is 14.7 Å². The highest BCUT2D eigenvalue weighted by Gasteiger charge is 2.47. The highest BCUT2D eigenvalue weighted by Crippen LogP contribution is 2.44. The molecular formula is C28H27NO5. The first kappa shape index (κ1) is 23.1. The van der Waals surface area contributed by atoms with E-state index >= 15 is 0 Å². The smallest absolute Gasteiger partial charge is 0.300 e. The zero-order valence-electron chi connectivity index (χ0n) is 19.6. The number of hydrogen-bond donors (Lipinski definition) is 1. The van der Waals surface area contributed by atoms with Gasteiger partial charge in [-0.2, -0.15) is 0 Å². The molecule has 1 aliphatic heterocycles. The largest absolute Gasteiger partial charge is 0.507 e. The molecule has 0 aromatic heterocycles. The van der Waals surface area contributed by atoms with Crippen LogP contribution in [0.5, 0.6) is 11.5 Å². The van der Waals surface area contributed by atoms with Crippen molar-refractivity contribution in [2.45, 2.75) is 25.8 Å². The number of Topliss-reactive ketones (excluding diaryl/α,β-unsaturated/α-hetero) is 1. The minimum absolute atomic E-state index is 0.0244. The van der Waals surface area contributed by atoms with Gasteiger partial charge in [-0.1, -0.05) is 62.4 Å². The van der Waals surface area contributed by atoms with E-state index in [0.717, 1.165) is 5.56 Å². The monoisotopic (exact) mass is 457 g/mol. The van der Waals surface area contributed by atoms with Gasteiger partial charge in [0.05, 0.1) is 25.8 Å². The summed E-state index contributed by atoms with van der Waals surface area (Å²) in [7, 11) is 3.06. The molecule has 1 atom stereocenters. The molecule has 3 aromatic carbocycles. The average Bonchev–Trinajstić information content (AvgIpc) is 3.13. The lowest BCUT2D eigenvalue weighted by Crippen LogP contribution is -2.29. The molecule has 6 heteroatoms. The Hall–Kier alpha value is -4.06. The second-order valence-electron chi connectivity index (χ2n) is 8.40. The van der Waals surface area contributed by atoms with Crippen molar-refractivity contribution in [3.63, 3.8) is 0 Å². The summed E-state index contributed by atoms with van der Waals surface area (Å²) in [5.74, 6) is -0.360. The molecule has 4 rings (SSSR count). The van der Waals surface area contributed by atoms with Crippen LogP contribution in [0.1, 0.15) is 42.5 Å². The number of hydrogen-bond acceptors (Lipinski definition) is 5. The van der Waals surface area contributed by atoms with Crippen LogP contribution in [0.25, 0.3) is 5.76 Å². The number of carbonyl (C=O) groups excluding carboxylic acids is 2. The molecule has 1 fully saturated rings. The van der Waals surface area contributed by atoms with Gasteiger partial charge < -0.3 is 14.6 Å². The number of ether oxygens (including phenoxy) is 2. The van der Waals surface area contributed by atoms with E-state index in [0.29, 0.717) is 34.2 Å². The first-order valence-electron chi connectivity index (χ1n) is 11.1. The van der Waals surface area contributed by atoms with Gasteiger partial charge in [0.2, 0.25) is 0 Å². The molecule has 6 nitrogen and oxygen atoms in total. The number of amides is 1. The van der Waals surface area contributed by atoms with Crippen molar-refractivity contribution in [2.75, 3.05) is 19.1 Å². The molecular weight excluding hydrogens is 430 g/mol. The first-order chi connectivity index (χ1) is 16.4. The van der Waals surface area contributed by atoms with Crippen molar-refractivity contribution in [3.05, 3.63) is 95.1 Å². The van der Waals surface area contributed by atoms with E-state index < -0.39 is 17.7 Å². The second kappa shape index (κ2) is 9.43. The molecule has 0 bridgehead atoms. The van der Waals surface area contributed by atoms with Gasteiger partial charge in [-0.25, -0.2) is 0 Å². The Morgan fingerprint density at radius 2 is 1.53 bits per heavy atom. The molecule has 0 aliphatic carbocycles. The molecule has 1 heterocycles. The van der Waals surface area contributed by atoms with E-state index in [1.807, 2.05) is 30.3 Å². The van der Waals surface area contributed by atoms with Gasteiger partial charge in [0.15, 0.2) is 11.5 Å². The van der Waals surface area contributed by atoms with Crippen LogP contribution in [0.3, 0.4) is 0 Å². The number of methoxy groups -OCH3 is 2. The van der Waals surface area contributed by atoms with Crippen molar-refractivity contribution in [3.8, 4) is 11.5 Å². The molecule has 1 N–H and O–H groups in total. The van der Waals surface area contributed by atoms with Crippen molar-refractivity contribution < 1.29 is 24.2 Å². The lowest BCUT2D eigenvalue weighted by Gasteiger charge is -2.26. The van der Waals surface area contributed by atoms with Crippen LogP contribution in [0.15, 0.2) is 78.4 Å². The number of ketones is 1. The highest BCUT2D eigenvalue weighted by atomic mass is 16.5. The normalized spacial score (nSPS) is 17.3. The minimum atomic E-state index is -0.843. The third-order valence-electron chi connectivity index (χ3n) is 6.05. The maximum atomic E-state index is 13.3. The van der Waals surface area contributed by atoms with E-state index in [-0.39, 0.29) is 11.3 Å². The first-order valence-corrected chi connectivity index (χ1v) is 11.1. The van der Waals surface area contributed by atoms with Crippen molar-refractivity contribution in [1.82, 2.24) is 0 Å². The van der Waals surface area contributed by atoms with Crippen LogP contribution in [0.4, 0.5) is 5.69 Å². The van der Waals surface area contributed by atoms with Crippen molar-refractivity contribution in [1.29, 1.82) is 0 Å². The SMILES string of the molecule is COc1ccc(C2/C(=C(/O)c3ccccc3)C(=O)C(=O)N2c2ccc(C(C)C)cc2)cc1OC. The summed E-state index contributed by atoms with van der Waals surface area (Å²) < 4.78 is 10.8. The number of aliphatic hydroxyl groups excluding tert-OH is 1. The Balaban J connectivity index is 1.93. The summed E-state index contributed by atoms with van der Waals surface area (Å²) in [6.45, 7) is 4.18. The fourth-order valence-electron chi connectivity index (χ4n) is 4.21. The summed E-state index contributed by atoms with van der Waals surface area (Å²) in [5, 5.41) is 11.2. The average molecular weight is 458 g/mol. The number of benzene rings is 3. The molecule has 1 amide bonds. The van der Waals surface area contributed by atoms with Gasteiger partial charge in [-0.3, -0.25) is 14.5 Å². The summed E-state index contributed by atoms with van der Waals surface area (Å²) in [6, 6.07) is 20.7. The predicted molar refractivity (Wildman–Crippen MR) is 131 cm³/mol. The van der Waals surface area contributed by atoms with Crippen LogP contribution < -0.4 is 14.4 Å². The van der Waals surface area contributed by atoms with Gasteiger partial charge in [-0.15, -0.1) is 0 Å². The summed E-state index contributed by atoms with van der Waals surface area (Å²) in [5.41, 5.74) is 2.78. The Morgan fingerprint density at radius 1 is 0.882 bits per heavy atom. The lowest BCUT2D eigenvalue weighted by molar-refractivity contribution is -0.132. The summed E-state index contributed by atoms with van der Waals surface area (Å²) in [4.78, 5) is 28.0. The molecule has 0 saturated carbocycles. The van der Waals surface area contributed by atoms with Crippen molar-refractivity contribution in [2.24, 2.45) is 0 Å². The van der Waals surface area contributed by atoms with Gasteiger partial charge in [0.1, 0.15) is 5.76 Å². The van der Waals surface area contributed by atoms with Gasteiger partial charge in [0.25, 0.3) is 11.7 Å². The highest BCUT2D eigenvalue weighted by molar-refractivity contribution is 6.51. The van der Waals surface area contributed by atoms with E-state index in [1.165, 1.54) is 19.1 Å². The molecule has 0 radical (unpaired) electrons. The Labute approximate surface area is 199 Å². The molecule has 1 unspecified atom stereocenters. The zero-order valence-corrected chi connectivity index (χ0v) is 19.6. The Morgan fingerprint density at radius 3 is 2.12 bits per heavy atom. The van der Waals surface area contributed by atoms with Crippen LogP contribution in [0, 0.1) is 0 Å². The standard InChI is InChI=1S/C28H27NO5/c1-17(2)18-10-13-21(14-11-18)29-25(20-12-15-22(33-3)23(16-20)34-4)24(27(31)28(29)32)26(30)19-8-6-5-7-9-19/h5-17,25,30H,1-4H3/b26-24-. The fourth-order valence-corrected chi connectivity index (χ4v) is 4.21. The number of nitrogens with zero attached hydrogens (tertiary/aromatic N) is 1. The van der Waals surface area contributed by atoms with Crippen molar-refractivity contribution >= 4 is 23.1 Å². The van der Waals surface area contributed by atoms with Crippen LogP contribution in [0.2, 0.25) is 0 Å². The van der Waals surface area contributed by atoms with Gasteiger partial charge >= 0.3 is 0 Å². The second-order valence-corrected chi connectivity index (χ2v) is 8.40. The molecule has 174 valence electrons. The predicted octanol–water partition coefficient (Wildman–Crippen LogP) is 5.45. The minimum Gasteiger partial charge on any atom is -0.507 e. The summed E-state index contributed by atoms with van der Waals surface area (Å²) in [6.07, 6.45) is 0. The Kier molecular flexibility index (Phi) is 6.41. The summed E-state index contributed by atoms with van der Waals surface area (Å²) >= 11 is 0. The third-order valence-corrected chi connectivity index (χ3v) is 6.05. The van der Waals surface area contributed by atoms with E-state index in [2.05, 4.69) is 13.8 Å². The maximum Gasteiger partial charge on any atom is 0.300 e. The van der Waals surface area contributed by atoms with E-state index in [4.69, 9.17) is 9.47 Å². The maximum absolute atomic E-state index is 13.3. The number of rotatable bonds is 6. The number of aliphatic hydroxyl groups is 1. The quantitative estimate of drug-likeness (QED) is 0.302. The van der Waals surface area contributed by atoms with Crippen LogP contribution in [-0.4, -0.2) is 31.0 Å². The number of anilines is 1. The van der Waals surface area contributed by atoms with Crippen LogP contribution in [-0.2, 0) is 9.59 Å².